The smallest absolute Gasteiger partial charge is 0.122 e. The quantitative estimate of drug-likeness (QED) is 0.934. The molecule has 0 spiro atoms. The number of hydrogen-bond donors (Lipinski definition) is 1. The minimum absolute atomic E-state index is 0.339. The Balaban J connectivity index is 1.81. The minimum atomic E-state index is -0.478. The molecule has 0 aliphatic carbocycles. The van der Waals surface area contributed by atoms with Gasteiger partial charge in [0.2, 0.25) is 0 Å². The average molecular weight is 283 g/mol. The molecule has 0 bridgehead atoms. The standard InChI is InChI=1S/C18H21NO2/c1-12-7-8-15(13(2)19-12)17(20)11-14-9-10-21-18-6-4-3-5-16(14)18/h3-8,14,17,20H,9-11H2,1-2H3. The summed E-state index contributed by atoms with van der Waals surface area (Å²) in [5, 5.41) is 10.6. The van der Waals surface area contributed by atoms with Crippen molar-refractivity contribution in [3.8, 4) is 5.75 Å². The van der Waals surface area contributed by atoms with Crippen molar-refractivity contribution < 1.29 is 9.84 Å². The average Bonchev–Trinajstić information content (AvgIpc) is 2.47. The van der Waals surface area contributed by atoms with E-state index in [4.69, 9.17) is 4.74 Å². The van der Waals surface area contributed by atoms with Crippen molar-refractivity contribution >= 4 is 0 Å². The predicted molar refractivity (Wildman–Crippen MR) is 82.6 cm³/mol. The van der Waals surface area contributed by atoms with E-state index in [0.717, 1.165) is 35.7 Å². The monoisotopic (exact) mass is 283 g/mol. The molecule has 0 saturated heterocycles. The van der Waals surface area contributed by atoms with Crippen LogP contribution >= 0.6 is 0 Å². The van der Waals surface area contributed by atoms with Gasteiger partial charge in [0, 0.05) is 17.0 Å². The first-order valence-corrected chi connectivity index (χ1v) is 7.49. The van der Waals surface area contributed by atoms with Crippen molar-refractivity contribution in [3.05, 3.63) is 58.9 Å². The number of ether oxygens (including phenoxy) is 1. The maximum Gasteiger partial charge on any atom is 0.122 e. The van der Waals surface area contributed by atoms with Gasteiger partial charge in [-0.2, -0.15) is 0 Å². The van der Waals surface area contributed by atoms with Crippen molar-refractivity contribution in [2.75, 3.05) is 6.61 Å². The highest BCUT2D eigenvalue weighted by Crippen LogP contribution is 2.39. The number of hydrogen-bond acceptors (Lipinski definition) is 3. The van der Waals surface area contributed by atoms with Gasteiger partial charge in [-0.3, -0.25) is 4.98 Å². The highest BCUT2D eigenvalue weighted by Gasteiger charge is 2.25. The van der Waals surface area contributed by atoms with E-state index in [0.29, 0.717) is 12.3 Å². The largest absolute Gasteiger partial charge is 0.493 e. The summed E-state index contributed by atoms with van der Waals surface area (Å²) < 4.78 is 5.69. The van der Waals surface area contributed by atoms with Crippen LogP contribution in [0.1, 0.15) is 47.4 Å². The Kier molecular flexibility index (Phi) is 3.93. The summed E-state index contributed by atoms with van der Waals surface area (Å²) in [5.74, 6) is 1.30. The number of nitrogens with zero attached hydrogens (tertiary/aromatic N) is 1. The van der Waals surface area contributed by atoms with Crippen LogP contribution in [0.25, 0.3) is 0 Å². The summed E-state index contributed by atoms with van der Waals surface area (Å²) in [5.41, 5.74) is 4.05. The van der Waals surface area contributed by atoms with Crippen LogP contribution in [-0.4, -0.2) is 16.7 Å². The van der Waals surface area contributed by atoms with Crippen molar-refractivity contribution in [1.82, 2.24) is 4.98 Å². The second kappa shape index (κ2) is 5.86. The van der Waals surface area contributed by atoms with Crippen LogP contribution < -0.4 is 4.74 Å². The van der Waals surface area contributed by atoms with Gasteiger partial charge >= 0.3 is 0 Å². The second-order valence-corrected chi connectivity index (χ2v) is 5.75. The van der Waals surface area contributed by atoms with Gasteiger partial charge in [0.1, 0.15) is 5.75 Å². The minimum Gasteiger partial charge on any atom is -0.493 e. The highest BCUT2D eigenvalue weighted by atomic mass is 16.5. The van der Waals surface area contributed by atoms with E-state index in [2.05, 4.69) is 11.1 Å². The Morgan fingerprint density at radius 3 is 2.86 bits per heavy atom. The lowest BCUT2D eigenvalue weighted by Gasteiger charge is -2.27. The molecule has 0 amide bonds. The van der Waals surface area contributed by atoms with Gasteiger partial charge in [0.05, 0.1) is 12.7 Å². The summed E-state index contributed by atoms with van der Waals surface area (Å²) in [6.45, 7) is 4.65. The molecule has 0 radical (unpaired) electrons. The SMILES string of the molecule is Cc1ccc(C(O)CC2CCOc3ccccc32)c(C)n1. The summed E-state index contributed by atoms with van der Waals surface area (Å²) in [4.78, 5) is 4.45. The first-order valence-electron chi connectivity index (χ1n) is 7.49. The van der Waals surface area contributed by atoms with Crippen molar-refractivity contribution in [2.45, 2.75) is 38.7 Å². The maximum atomic E-state index is 10.6. The third kappa shape index (κ3) is 2.93. The molecule has 110 valence electrons. The fourth-order valence-corrected chi connectivity index (χ4v) is 3.11. The third-order valence-electron chi connectivity index (χ3n) is 4.22. The Morgan fingerprint density at radius 1 is 1.24 bits per heavy atom. The van der Waals surface area contributed by atoms with Gasteiger partial charge in [-0.25, -0.2) is 0 Å². The van der Waals surface area contributed by atoms with Crippen LogP contribution in [0, 0.1) is 13.8 Å². The Bertz CT molecular complexity index is 639. The summed E-state index contributed by atoms with van der Waals surface area (Å²) in [6.07, 6.45) is 1.19. The number of para-hydroxylation sites is 1. The van der Waals surface area contributed by atoms with Gasteiger partial charge in [-0.15, -0.1) is 0 Å². The molecule has 1 aliphatic heterocycles. The summed E-state index contributed by atoms with van der Waals surface area (Å²) >= 11 is 0. The molecule has 2 atom stereocenters. The van der Waals surface area contributed by atoms with E-state index < -0.39 is 6.10 Å². The van der Waals surface area contributed by atoms with Gasteiger partial charge in [0.25, 0.3) is 0 Å². The van der Waals surface area contributed by atoms with E-state index in [1.165, 1.54) is 5.56 Å². The molecule has 2 unspecified atom stereocenters. The van der Waals surface area contributed by atoms with E-state index in [-0.39, 0.29) is 0 Å². The van der Waals surface area contributed by atoms with Gasteiger partial charge in [0.15, 0.2) is 0 Å². The molecule has 1 N–H and O–H groups in total. The Hall–Kier alpha value is -1.87. The molecule has 21 heavy (non-hydrogen) atoms. The summed E-state index contributed by atoms with van der Waals surface area (Å²) in [7, 11) is 0. The molecule has 2 aromatic rings. The van der Waals surface area contributed by atoms with Crippen molar-refractivity contribution in [3.63, 3.8) is 0 Å². The molecular weight excluding hydrogens is 262 g/mol. The van der Waals surface area contributed by atoms with Crippen LogP contribution in [0.15, 0.2) is 36.4 Å². The fraction of sp³-hybridized carbons (Fsp3) is 0.389. The zero-order chi connectivity index (χ0) is 14.8. The number of aryl methyl sites for hydroxylation is 2. The molecular formula is C18H21NO2. The third-order valence-corrected chi connectivity index (χ3v) is 4.22. The van der Waals surface area contributed by atoms with E-state index in [1.807, 2.05) is 44.2 Å². The van der Waals surface area contributed by atoms with Gasteiger partial charge < -0.3 is 9.84 Å². The molecule has 1 aromatic heterocycles. The number of benzene rings is 1. The van der Waals surface area contributed by atoms with Crippen molar-refractivity contribution in [1.29, 1.82) is 0 Å². The Morgan fingerprint density at radius 2 is 2.05 bits per heavy atom. The van der Waals surface area contributed by atoms with Crippen LogP contribution in [0.4, 0.5) is 0 Å². The molecule has 1 aromatic carbocycles. The van der Waals surface area contributed by atoms with Crippen LogP contribution in [0.3, 0.4) is 0 Å². The van der Waals surface area contributed by atoms with E-state index >= 15 is 0 Å². The van der Waals surface area contributed by atoms with E-state index in [1.54, 1.807) is 0 Å². The normalized spacial score (nSPS) is 18.7. The lowest BCUT2D eigenvalue weighted by Crippen LogP contribution is -2.17. The number of aliphatic hydroxyl groups is 1. The lowest BCUT2D eigenvalue weighted by molar-refractivity contribution is 0.144. The topological polar surface area (TPSA) is 42.4 Å². The second-order valence-electron chi connectivity index (χ2n) is 5.75. The van der Waals surface area contributed by atoms with E-state index in [9.17, 15) is 5.11 Å². The number of pyridine rings is 1. The first kappa shape index (κ1) is 14.1. The van der Waals surface area contributed by atoms with Crippen molar-refractivity contribution in [2.24, 2.45) is 0 Å². The fourth-order valence-electron chi connectivity index (χ4n) is 3.11. The molecule has 3 heteroatoms. The molecule has 2 heterocycles. The molecule has 0 fully saturated rings. The number of fused-ring (bicyclic) bond motifs is 1. The first-order chi connectivity index (χ1) is 10.1. The predicted octanol–water partition coefficient (Wildman–Crippen LogP) is 3.69. The molecule has 0 saturated carbocycles. The Labute approximate surface area is 125 Å². The van der Waals surface area contributed by atoms with Gasteiger partial charge in [-0.1, -0.05) is 24.3 Å². The van der Waals surface area contributed by atoms with Crippen LogP contribution in [0.2, 0.25) is 0 Å². The maximum absolute atomic E-state index is 10.6. The zero-order valence-electron chi connectivity index (χ0n) is 12.5. The number of rotatable bonds is 3. The number of aliphatic hydroxyl groups excluding tert-OH is 1. The van der Waals surface area contributed by atoms with Gasteiger partial charge in [-0.05, 0) is 50.3 Å². The van der Waals surface area contributed by atoms with Crippen LogP contribution in [-0.2, 0) is 0 Å². The zero-order valence-corrected chi connectivity index (χ0v) is 12.5. The number of aromatic nitrogens is 1. The molecule has 3 nitrogen and oxygen atoms in total. The summed E-state index contributed by atoms with van der Waals surface area (Å²) in [6, 6.07) is 12.1. The molecule has 1 aliphatic rings. The molecule has 3 rings (SSSR count). The van der Waals surface area contributed by atoms with Crippen LogP contribution in [0.5, 0.6) is 5.75 Å². The lowest BCUT2D eigenvalue weighted by atomic mass is 9.86. The highest BCUT2D eigenvalue weighted by molar-refractivity contribution is 5.38.